The third kappa shape index (κ3) is 5.27. The maximum absolute atomic E-state index is 9.63. The number of ether oxygens (including phenoxy) is 1. The van der Waals surface area contributed by atoms with Crippen LogP contribution >= 0.6 is 0 Å². The molecular formula is C11H19NO4. The Labute approximate surface area is 95.0 Å². The van der Waals surface area contributed by atoms with E-state index in [2.05, 4.69) is 5.32 Å². The number of aliphatic hydroxyl groups is 2. The molecule has 3 N–H and O–H groups in total. The predicted octanol–water partition coefficient (Wildman–Crippen LogP) is 0.302. The largest absolute Gasteiger partial charge is 0.467 e. The van der Waals surface area contributed by atoms with Gasteiger partial charge in [0.1, 0.15) is 11.9 Å². The van der Waals surface area contributed by atoms with Gasteiger partial charge in [-0.15, -0.1) is 0 Å². The summed E-state index contributed by atoms with van der Waals surface area (Å²) in [5.74, 6) is 0.573. The maximum Gasteiger partial charge on any atom is 0.133 e. The van der Waals surface area contributed by atoms with Crippen molar-refractivity contribution in [2.45, 2.75) is 12.5 Å². The van der Waals surface area contributed by atoms with Crippen LogP contribution in [0.2, 0.25) is 0 Å². The van der Waals surface area contributed by atoms with Gasteiger partial charge in [-0.2, -0.15) is 0 Å². The summed E-state index contributed by atoms with van der Waals surface area (Å²) in [6.45, 7) is 2.29. The molecule has 0 saturated heterocycles. The van der Waals surface area contributed by atoms with Crippen LogP contribution in [-0.4, -0.2) is 43.1 Å². The molecule has 0 aliphatic rings. The van der Waals surface area contributed by atoms with Crippen LogP contribution in [0.4, 0.5) is 0 Å². The van der Waals surface area contributed by atoms with Gasteiger partial charge in [-0.1, -0.05) is 0 Å². The third-order valence-electron chi connectivity index (χ3n) is 2.09. The fourth-order valence-corrected chi connectivity index (χ4v) is 1.29. The lowest BCUT2D eigenvalue weighted by Crippen LogP contribution is -2.23. The molecule has 0 spiro atoms. The number of furan rings is 1. The maximum atomic E-state index is 9.63. The Morgan fingerprint density at radius 2 is 2.31 bits per heavy atom. The molecule has 0 radical (unpaired) electrons. The topological polar surface area (TPSA) is 74.9 Å². The zero-order valence-electron chi connectivity index (χ0n) is 9.26. The highest BCUT2D eigenvalue weighted by molar-refractivity contribution is 5.01. The van der Waals surface area contributed by atoms with Crippen LogP contribution in [0.15, 0.2) is 22.8 Å². The summed E-state index contributed by atoms with van der Waals surface area (Å²) in [6, 6.07) is 3.50. The van der Waals surface area contributed by atoms with Crippen molar-refractivity contribution in [1.82, 2.24) is 5.32 Å². The number of rotatable bonds is 9. The number of hydrogen-bond acceptors (Lipinski definition) is 5. The van der Waals surface area contributed by atoms with Gasteiger partial charge < -0.3 is 24.7 Å². The van der Waals surface area contributed by atoms with Crippen molar-refractivity contribution in [1.29, 1.82) is 0 Å². The minimum atomic E-state index is -0.603. The molecule has 0 aromatic carbocycles. The highest BCUT2D eigenvalue weighted by Crippen LogP contribution is 2.11. The second kappa shape index (κ2) is 8.29. The van der Waals surface area contributed by atoms with Crippen molar-refractivity contribution < 1.29 is 19.4 Å². The van der Waals surface area contributed by atoms with E-state index in [0.717, 1.165) is 13.0 Å². The van der Waals surface area contributed by atoms with Gasteiger partial charge in [0.25, 0.3) is 0 Å². The molecule has 0 bridgehead atoms. The zero-order chi connectivity index (χ0) is 11.6. The molecule has 16 heavy (non-hydrogen) atoms. The summed E-state index contributed by atoms with van der Waals surface area (Å²) in [5, 5.41) is 21.2. The van der Waals surface area contributed by atoms with Gasteiger partial charge in [-0.3, -0.25) is 0 Å². The van der Waals surface area contributed by atoms with Gasteiger partial charge in [0.15, 0.2) is 0 Å². The first-order valence-corrected chi connectivity index (χ1v) is 5.45. The average molecular weight is 229 g/mol. The first kappa shape index (κ1) is 13.2. The fourth-order valence-electron chi connectivity index (χ4n) is 1.29. The number of aliphatic hydroxyl groups excluding tert-OH is 2. The van der Waals surface area contributed by atoms with Crippen molar-refractivity contribution in [2.24, 2.45) is 0 Å². The van der Waals surface area contributed by atoms with E-state index >= 15 is 0 Å². The lowest BCUT2D eigenvalue weighted by molar-refractivity contribution is 0.0895. The zero-order valence-corrected chi connectivity index (χ0v) is 9.26. The summed E-state index contributed by atoms with van der Waals surface area (Å²) in [6.07, 6.45) is 1.79. The van der Waals surface area contributed by atoms with E-state index in [1.54, 1.807) is 18.4 Å². The van der Waals surface area contributed by atoms with Crippen molar-refractivity contribution in [3.8, 4) is 0 Å². The predicted molar refractivity (Wildman–Crippen MR) is 59.1 cm³/mol. The molecule has 0 aliphatic heterocycles. The van der Waals surface area contributed by atoms with Gasteiger partial charge >= 0.3 is 0 Å². The Bertz CT molecular complexity index is 250. The van der Waals surface area contributed by atoms with Crippen LogP contribution in [0, 0.1) is 0 Å². The van der Waals surface area contributed by atoms with E-state index in [1.807, 2.05) is 0 Å². The number of nitrogens with one attached hydrogen (secondary N) is 1. The molecule has 1 aromatic rings. The van der Waals surface area contributed by atoms with Gasteiger partial charge in [0.2, 0.25) is 0 Å². The summed E-state index contributed by atoms with van der Waals surface area (Å²) < 4.78 is 10.2. The Morgan fingerprint density at radius 1 is 1.44 bits per heavy atom. The van der Waals surface area contributed by atoms with Crippen LogP contribution in [0.3, 0.4) is 0 Å². The van der Waals surface area contributed by atoms with Gasteiger partial charge in [-0.25, -0.2) is 0 Å². The summed E-state index contributed by atoms with van der Waals surface area (Å²) in [7, 11) is 0. The Kier molecular flexibility index (Phi) is 6.83. The van der Waals surface area contributed by atoms with E-state index < -0.39 is 6.10 Å². The van der Waals surface area contributed by atoms with Crippen molar-refractivity contribution in [3.63, 3.8) is 0 Å². The second-order valence-corrected chi connectivity index (χ2v) is 3.42. The first-order chi connectivity index (χ1) is 7.84. The molecule has 1 aromatic heterocycles. The molecule has 5 nitrogen and oxygen atoms in total. The van der Waals surface area contributed by atoms with Crippen LogP contribution in [0.25, 0.3) is 0 Å². The van der Waals surface area contributed by atoms with Crippen LogP contribution < -0.4 is 5.32 Å². The van der Waals surface area contributed by atoms with Crippen LogP contribution in [0.1, 0.15) is 18.3 Å². The van der Waals surface area contributed by atoms with E-state index in [1.165, 1.54) is 0 Å². The third-order valence-corrected chi connectivity index (χ3v) is 2.09. The van der Waals surface area contributed by atoms with Gasteiger partial charge in [0.05, 0.1) is 19.5 Å². The van der Waals surface area contributed by atoms with Crippen LogP contribution in [-0.2, 0) is 4.74 Å². The number of hydrogen-bond donors (Lipinski definition) is 3. The summed E-state index contributed by atoms with van der Waals surface area (Å²) >= 11 is 0. The molecule has 0 amide bonds. The molecule has 0 fully saturated rings. The van der Waals surface area contributed by atoms with E-state index in [-0.39, 0.29) is 6.61 Å². The van der Waals surface area contributed by atoms with Gasteiger partial charge in [-0.05, 0) is 25.1 Å². The minimum Gasteiger partial charge on any atom is -0.467 e. The molecule has 0 aliphatic carbocycles. The lowest BCUT2D eigenvalue weighted by atomic mass is 10.2. The van der Waals surface area contributed by atoms with E-state index in [0.29, 0.717) is 25.5 Å². The van der Waals surface area contributed by atoms with Crippen molar-refractivity contribution >= 4 is 0 Å². The lowest BCUT2D eigenvalue weighted by Gasteiger charge is -2.09. The molecule has 1 rings (SSSR count). The van der Waals surface area contributed by atoms with Gasteiger partial charge in [0, 0.05) is 13.2 Å². The standard InChI is InChI=1S/C11H19NO4/c13-5-8-15-6-2-4-12-9-10(14)11-3-1-7-16-11/h1,3,7,10,12-14H,2,4-6,8-9H2. The van der Waals surface area contributed by atoms with Crippen molar-refractivity contribution in [3.05, 3.63) is 24.2 Å². The molecular weight excluding hydrogens is 210 g/mol. The highest BCUT2D eigenvalue weighted by Gasteiger charge is 2.08. The highest BCUT2D eigenvalue weighted by atomic mass is 16.5. The molecule has 5 heteroatoms. The quantitative estimate of drug-likeness (QED) is 0.531. The Morgan fingerprint density at radius 3 is 3.00 bits per heavy atom. The molecule has 92 valence electrons. The Hall–Kier alpha value is -0.880. The summed E-state index contributed by atoms with van der Waals surface area (Å²) in [4.78, 5) is 0. The monoisotopic (exact) mass is 229 g/mol. The first-order valence-electron chi connectivity index (χ1n) is 5.45. The molecule has 1 heterocycles. The van der Waals surface area contributed by atoms with E-state index in [4.69, 9.17) is 14.3 Å². The molecule has 1 unspecified atom stereocenters. The minimum absolute atomic E-state index is 0.0602. The summed E-state index contributed by atoms with van der Waals surface area (Å²) in [5.41, 5.74) is 0. The van der Waals surface area contributed by atoms with Crippen LogP contribution in [0.5, 0.6) is 0 Å². The fraction of sp³-hybridized carbons (Fsp3) is 0.636. The second-order valence-electron chi connectivity index (χ2n) is 3.42. The van der Waals surface area contributed by atoms with Crippen molar-refractivity contribution in [2.75, 3.05) is 32.9 Å². The molecule has 1 atom stereocenters. The Balaban J connectivity index is 1.95. The SMILES string of the molecule is OCCOCCCNCC(O)c1ccco1. The smallest absolute Gasteiger partial charge is 0.133 e. The normalized spacial score (nSPS) is 12.9. The van der Waals surface area contributed by atoms with E-state index in [9.17, 15) is 5.11 Å². The average Bonchev–Trinajstić information content (AvgIpc) is 2.81. The molecule has 0 saturated carbocycles.